The molecule has 16 heavy (non-hydrogen) atoms. The Kier molecular flexibility index (Phi) is 12.0. The monoisotopic (exact) mass is 236 g/mol. The van der Waals surface area contributed by atoms with E-state index in [1.807, 2.05) is 0 Å². The minimum absolute atomic E-state index is 0.00694. The molecule has 0 amide bonds. The van der Waals surface area contributed by atoms with Crippen LogP contribution < -0.4 is 0 Å². The van der Waals surface area contributed by atoms with Crippen LogP contribution in [0.1, 0.15) is 58.8 Å². The molecule has 4 N–H and O–H groups in total. The molecule has 0 saturated carbocycles. The van der Waals surface area contributed by atoms with E-state index >= 15 is 0 Å². The maximum absolute atomic E-state index is 9.96. The van der Waals surface area contributed by atoms with Gasteiger partial charge in [-0.05, 0) is 12.8 Å². The average Bonchev–Trinajstić information content (AvgIpc) is 2.11. The highest BCUT2D eigenvalue weighted by molar-refractivity contribution is 5.66. The summed E-state index contributed by atoms with van der Waals surface area (Å²) in [5.74, 6) is -3.12. The zero-order chi connectivity index (χ0) is 13.0. The van der Waals surface area contributed by atoms with Crippen LogP contribution in [-0.4, -0.2) is 32.4 Å². The molecule has 0 fully saturated rings. The number of hydrogen-bond acceptors (Lipinski definition) is 4. The normalized spacial score (nSPS) is 10.6. The van der Waals surface area contributed by atoms with Gasteiger partial charge in [-0.15, -0.1) is 0 Å². The molecular formula is C11H24O5. The quantitative estimate of drug-likeness (QED) is 0.396. The highest BCUT2D eigenvalue weighted by Crippen LogP contribution is 2.01. The Hall–Kier alpha value is -0.650. The van der Waals surface area contributed by atoms with Gasteiger partial charge in [0.15, 0.2) is 0 Å². The van der Waals surface area contributed by atoms with Crippen molar-refractivity contribution in [2.45, 2.75) is 64.8 Å². The minimum Gasteiger partial charge on any atom is -0.481 e. The molecule has 0 aliphatic heterocycles. The highest BCUT2D eigenvalue weighted by atomic mass is 16.7. The van der Waals surface area contributed by atoms with E-state index in [2.05, 4.69) is 6.92 Å². The molecule has 0 radical (unpaired) electrons. The molecule has 98 valence electrons. The van der Waals surface area contributed by atoms with E-state index in [9.17, 15) is 4.79 Å². The van der Waals surface area contributed by atoms with Gasteiger partial charge >= 0.3 is 5.97 Å². The van der Waals surface area contributed by atoms with E-state index in [4.69, 9.17) is 20.4 Å². The number of aliphatic hydroxyl groups is 3. The minimum atomic E-state index is -2.45. The first-order valence-electron chi connectivity index (χ1n) is 5.72. The van der Waals surface area contributed by atoms with Crippen molar-refractivity contribution in [3.63, 3.8) is 0 Å². The van der Waals surface area contributed by atoms with Crippen LogP contribution in [0.15, 0.2) is 0 Å². The number of rotatable bonds is 7. The lowest BCUT2D eigenvalue weighted by Crippen LogP contribution is -2.26. The lowest BCUT2D eigenvalue weighted by atomic mass is 10.2. The van der Waals surface area contributed by atoms with Crippen molar-refractivity contribution in [1.82, 2.24) is 0 Å². The van der Waals surface area contributed by atoms with Gasteiger partial charge in [-0.2, -0.15) is 0 Å². The van der Waals surface area contributed by atoms with Crippen molar-refractivity contribution in [2.75, 3.05) is 0 Å². The summed E-state index contributed by atoms with van der Waals surface area (Å²) in [5, 5.41) is 32.6. The molecule has 0 aromatic carbocycles. The van der Waals surface area contributed by atoms with E-state index in [-0.39, 0.29) is 6.42 Å². The number of hydrogen-bond donors (Lipinski definition) is 4. The zero-order valence-corrected chi connectivity index (χ0v) is 10.1. The van der Waals surface area contributed by atoms with Crippen LogP contribution in [0, 0.1) is 0 Å². The number of carboxylic acid groups (broad SMARTS) is 1. The Morgan fingerprint density at radius 2 is 1.56 bits per heavy atom. The summed E-state index contributed by atoms with van der Waals surface area (Å²) < 4.78 is 0. The van der Waals surface area contributed by atoms with Crippen molar-refractivity contribution >= 4 is 5.97 Å². The lowest BCUT2D eigenvalue weighted by molar-refractivity contribution is -0.314. The molecule has 5 heteroatoms. The highest BCUT2D eigenvalue weighted by Gasteiger charge is 2.14. The topological polar surface area (TPSA) is 98.0 Å². The summed E-state index contributed by atoms with van der Waals surface area (Å²) in [5.41, 5.74) is 0. The first kappa shape index (κ1) is 17.7. The van der Waals surface area contributed by atoms with Crippen molar-refractivity contribution < 1.29 is 25.2 Å². The van der Waals surface area contributed by atoms with Gasteiger partial charge < -0.3 is 20.4 Å². The van der Waals surface area contributed by atoms with E-state index in [1.165, 1.54) is 6.42 Å². The third kappa shape index (κ3) is 23.3. The summed E-state index contributed by atoms with van der Waals surface area (Å²) >= 11 is 0. The second kappa shape index (κ2) is 10.9. The molecular weight excluding hydrogens is 212 g/mol. The maximum Gasteiger partial charge on any atom is 0.303 e. The van der Waals surface area contributed by atoms with Crippen LogP contribution in [0.25, 0.3) is 0 Å². The zero-order valence-electron chi connectivity index (χ0n) is 10.1. The summed E-state index contributed by atoms with van der Waals surface area (Å²) in [6.07, 6.45) is 5.12. The van der Waals surface area contributed by atoms with Crippen LogP contribution in [0.4, 0.5) is 0 Å². The van der Waals surface area contributed by atoms with E-state index < -0.39 is 11.9 Å². The molecule has 0 saturated heterocycles. The fourth-order valence-corrected chi connectivity index (χ4v) is 1.04. The molecule has 0 rings (SSSR count). The summed E-state index contributed by atoms with van der Waals surface area (Å²) in [7, 11) is 0. The molecule has 5 nitrogen and oxygen atoms in total. The standard InChI is InChI=1S/C7H14O2.C4H10O3/c1-2-3-4-5-6-7(8)9;1-2-3-4(5,6)7/h2-6H2,1H3,(H,8,9);5-7H,2-3H2,1H3. The number of carbonyl (C=O) groups is 1. The van der Waals surface area contributed by atoms with Gasteiger partial charge in [0.05, 0.1) is 0 Å². The second-order valence-corrected chi connectivity index (χ2v) is 3.73. The van der Waals surface area contributed by atoms with Gasteiger partial charge in [-0.3, -0.25) is 4.79 Å². The lowest BCUT2D eigenvalue weighted by Gasteiger charge is -2.10. The van der Waals surface area contributed by atoms with Crippen LogP contribution in [0.2, 0.25) is 0 Å². The third-order valence-corrected chi connectivity index (χ3v) is 1.83. The van der Waals surface area contributed by atoms with E-state index in [1.54, 1.807) is 6.92 Å². The molecule has 0 atom stereocenters. The molecule has 0 spiro atoms. The van der Waals surface area contributed by atoms with Crippen molar-refractivity contribution in [3.05, 3.63) is 0 Å². The SMILES string of the molecule is CCCC(O)(O)O.CCCCCCC(=O)O. The Labute approximate surface area is 96.7 Å². The fraction of sp³-hybridized carbons (Fsp3) is 0.909. The van der Waals surface area contributed by atoms with Crippen LogP contribution >= 0.6 is 0 Å². The summed E-state index contributed by atoms with van der Waals surface area (Å²) in [6.45, 7) is 3.86. The van der Waals surface area contributed by atoms with E-state index in [0.717, 1.165) is 19.3 Å². The van der Waals surface area contributed by atoms with Crippen LogP contribution in [-0.2, 0) is 4.79 Å². The fourth-order valence-electron chi connectivity index (χ4n) is 1.04. The number of aliphatic carboxylic acids is 1. The predicted molar refractivity (Wildman–Crippen MR) is 60.7 cm³/mol. The third-order valence-electron chi connectivity index (χ3n) is 1.83. The van der Waals surface area contributed by atoms with Gasteiger partial charge in [0.1, 0.15) is 0 Å². The summed E-state index contributed by atoms with van der Waals surface area (Å²) in [6, 6.07) is 0. The number of unbranched alkanes of at least 4 members (excludes halogenated alkanes) is 3. The second-order valence-electron chi connectivity index (χ2n) is 3.73. The Morgan fingerprint density at radius 3 is 1.81 bits per heavy atom. The number of carboxylic acids is 1. The molecule has 0 unspecified atom stereocenters. The Morgan fingerprint density at radius 1 is 1.00 bits per heavy atom. The molecule has 0 aliphatic rings. The summed E-state index contributed by atoms with van der Waals surface area (Å²) in [4.78, 5) is 9.96. The first-order chi connectivity index (χ1) is 7.33. The molecule has 0 aromatic rings. The Balaban J connectivity index is 0. The van der Waals surface area contributed by atoms with Gasteiger partial charge in [0, 0.05) is 12.8 Å². The van der Waals surface area contributed by atoms with Crippen molar-refractivity contribution in [3.8, 4) is 0 Å². The molecule has 0 aromatic heterocycles. The van der Waals surface area contributed by atoms with Crippen LogP contribution in [0.3, 0.4) is 0 Å². The van der Waals surface area contributed by atoms with Gasteiger partial charge in [0.2, 0.25) is 0 Å². The Bertz CT molecular complexity index is 162. The molecule has 0 aliphatic carbocycles. The molecule has 0 heterocycles. The van der Waals surface area contributed by atoms with Gasteiger partial charge in [0.25, 0.3) is 5.97 Å². The van der Waals surface area contributed by atoms with E-state index in [0.29, 0.717) is 12.8 Å². The maximum atomic E-state index is 9.96. The van der Waals surface area contributed by atoms with Crippen molar-refractivity contribution in [2.24, 2.45) is 0 Å². The first-order valence-corrected chi connectivity index (χ1v) is 5.72. The van der Waals surface area contributed by atoms with Crippen LogP contribution in [0.5, 0.6) is 0 Å². The predicted octanol–water partition coefficient (Wildman–Crippen LogP) is 1.46. The van der Waals surface area contributed by atoms with Crippen molar-refractivity contribution in [1.29, 1.82) is 0 Å². The van der Waals surface area contributed by atoms with Gasteiger partial charge in [-0.25, -0.2) is 0 Å². The molecule has 0 bridgehead atoms. The van der Waals surface area contributed by atoms with Gasteiger partial charge in [-0.1, -0.05) is 33.1 Å². The average molecular weight is 236 g/mol. The smallest absolute Gasteiger partial charge is 0.303 e. The largest absolute Gasteiger partial charge is 0.481 e.